The number of hydrogen-bond acceptors (Lipinski definition) is 3. The van der Waals surface area contributed by atoms with E-state index in [1.165, 1.54) is 12.1 Å². The minimum Gasteiger partial charge on any atom is -0.337 e. The van der Waals surface area contributed by atoms with Gasteiger partial charge in [-0.2, -0.15) is 5.10 Å². The molecule has 4 rings (SSSR count). The molecular formula is C21H22FN3OS. The third kappa shape index (κ3) is 3.81. The Morgan fingerprint density at radius 1 is 1.22 bits per heavy atom. The number of aryl methyl sites for hydroxylation is 1. The molecule has 0 radical (unpaired) electrons. The molecule has 2 aromatic heterocycles. The fraction of sp³-hybridized carbons (Fsp3) is 0.333. The molecule has 1 saturated heterocycles. The Labute approximate surface area is 162 Å². The lowest BCUT2D eigenvalue weighted by Gasteiger charge is -2.24. The fourth-order valence-corrected chi connectivity index (χ4v) is 4.39. The van der Waals surface area contributed by atoms with Crippen LogP contribution in [0.4, 0.5) is 4.39 Å². The highest BCUT2D eigenvalue weighted by Crippen LogP contribution is 2.29. The van der Waals surface area contributed by atoms with Crippen LogP contribution in [0.1, 0.15) is 41.2 Å². The molecule has 27 heavy (non-hydrogen) atoms. The molecule has 0 saturated carbocycles. The van der Waals surface area contributed by atoms with Crippen LogP contribution in [0.3, 0.4) is 0 Å². The van der Waals surface area contributed by atoms with Crippen LogP contribution < -0.4 is 0 Å². The Morgan fingerprint density at radius 3 is 2.78 bits per heavy atom. The number of rotatable bonds is 3. The minimum atomic E-state index is -0.226. The quantitative estimate of drug-likeness (QED) is 0.658. The molecule has 0 spiro atoms. The van der Waals surface area contributed by atoms with Gasteiger partial charge in [0.25, 0.3) is 5.91 Å². The average Bonchev–Trinajstić information content (AvgIpc) is 3.26. The maximum Gasteiger partial charge on any atom is 0.272 e. The van der Waals surface area contributed by atoms with Crippen molar-refractivity contribution in [1.82, 2.24) is 14.7 Å². The summed E-state index contributed by atoms with van der Waals surface area (Å²) in [6.07, 6.45) is 3.07. The van der Waals surface area contributed by atoms with Gasteiger partial charge in [0.2, 0.25) is 0 Å². The lowest BCUT2D eigenvalue weighted by molar-refractivity contribution is 0.0743. The van der Waals surface area contributed by atoms with Gasteiger partial charge in [0.15, 0.2) is 0 Å². The predicted octanol–water partition coefficient (Wildman–Crippen LogP) is 4.70. The second kappa shape index (κ2) is 7.64. The summed E-state index contributed by atoms with van der Waals surface area (Å²) in [6.45, 7) is 1.40. The largest absolute Gasteiger partial charge is 0.337 e. The number of aromatic nitrogens is 2. The van der Waals surface area contributed by atoms with Gasteiger partial charge in [0, 0.05) is 26.1 Å². The van der Waals surface area contributed by atoms with Crippen molar-refractivity contribution in [2.45, 2.75) is 25.2 Å². The molecular weight excluding hydrogens is 361 g/mol. The van der Waals surface area contributed by atoms with Gasteiger partial charge in [-0.05, 0) is 48.1 Å². The summed E-state index contributed by atoms with van der Waals surface area (Å²) in [6, 6.07) is 12.6. The molecule has 4 nitrogen and oxygen atoms in total. The standard InChI is InChI=1S/C21H22FN3OS/c1-24-19(13-18(23-24)20-6-4-12-27-20)21(26)25-11-3-2-5-16(14-25)15-7-9-17(22)10-8-15/h4,6-10,12-13,16H,2-3,5,11,14H2,1H3/t16-/m0/s1. The summed E-state index contributed by atoms with van der Waals surface area (Å²) in [5.41, 5.74) is 2.54. The third-order valence-corrected chi connectivity index (χ3v) is 6.06. The van der Waals surface area contributed by atoms with Gasteiger partial charge < -0.3 is 4.90 Å². The van der Waals surface area contributed by atoms with Gasteiger partial charge in [-0.25, -0.2) is 4.39 Å². The molecule has 1 aliphatic heterocycles. The van der Waals surface area contributed by atoms with E-state index >= 15 is 0 Å². The SMILES string of the molecule is Cn1nc(-c2cccs2)cc1C(=O)N1CCCC[C@H](c2ccc(F)cc2)C1. The number of nitrogens with zero attached hydrogens (tertiary/aromatic N) is 3. The summed E-state index contributed by atoms with van der Waals surface area (Å²) >= 11 is 1.62. The molecule has 0 unspecified atom stereocenters. The summed E-state index contributed by atoms with van der Waals surface area (Å²) < 4.78 is 14.9. The second-order valence-corrected chi connectivity index (χ2v) is 7.96. The van der Waals surface area contributed by atoms with Crippen molar-refractivity contribution in [3.05, 3.63) is 64.9 Å². The number of benzene rings is 1. The molecule has 6 heteroatoms. The summed E-state index contributed by atoms with van der Waals surface area (Å²) in [4.78, 5) is 16.2. The zero-order valence-corrected chi connectivity index (χ0v) is 16.1. The number of thiophene rings is 1. The van der Waals surface area contributed by atoms with E-state index in [0.29, 0.717) is 12.2 Å². The number of hydrogen-bond donors (Lipinski definition) is 0. The lowest BCUT2D eigenvalue weighted by atomic mass is 9.94. The summed E-state index contributed by atoms with van der Waals surface area (Å²) in [7, 11) is 1.82. The zero-order chi connectivity index (χ0) is 18.8. The van der Waals surface area contributed by atoms with E-state index in [1.54, 1.807) is 16.0 Å². The first kappa shape index (κ1) is 17.9. The van der Waals surface area contributed by atoms with Crippen LogP contribution >= 0.6 is 11.3 Å². The molecule has 140 valence electrons. The van der Waals surface area contributed by atoms with Gasteiger partial charge in [0.05, 0.1) is 4.88 Å². The molecule has 1 fully saturated rings. The maximum absolute atomic E-state index is 13.3. The second-order valence-electron chi connectivity index (χ2n) is 7.01. The highest BCUT2D eigenvalue weighted by atomic mass is 32.1. The molecule has 3 aromatic rings. The number of carbonyl (C=O) groups excluding carboxylic acids is 1. The predicted molar refractivity (Wildman–Crippen MR) is 105 cm³/mol. The van der Waals surface area contributed by atoms with Gasteiger partial charge >= 0.3 is 0 Å². The van der Waals surface area contributed by atoms with Crippen molar-refractivity contribution in [3.8, 4) is 10.6 Å². The van der Waals surface area contributed by atoms with E-state index in [4.69, 9.17) is 0 Å². The van der Waals surface area contributed by atoms with Crippen LogP contribution in [0.2, 0.25) is 0 Å². The number of likely N-dealkylation sites (tertiary alicyclic amines) is 1. The first-order valence-electron chi connectivity index (χ1n) is 9.24. The van der Waals surface area contributed by atoms with E-state index in [1.807, 2.05) is 47.7 Å². The highest BCUT2D eigenvalue weighted by Gasteiger charge is 2.26. The Morgan fingerprint density at radius 2 is 2.04 bits per heavy atom. The van der Waals surface area contributed by atoms with E-state index < -0.39 is 0 Å². The van der Waals surface area contributed by atoms with Crippen molar-refractivity contribution in [3.63, 3.8) is 0 Å². The monoisotopic (exact) mass is 383 g/mol. The normalized spacial score (nSPS) is 17.7. The number of halogens is 1. The van der Waals surface area contributed by atoms with Crippen LogP contribution in [0.5, 0.6) is 0 Å². The highest BCUT2D eigenvalue weighted by molar-refractivity contribution is 7.13. The van der Waals surface area contributed by atoms with E-state index in [9.17, 15) is 9.18 Å². The van der Waals surface area contributed by atoms with Crippen molar-refractivity contribution in [2.75, 3.05) is 13.1 Å². The van der Waals surface area contributed by atoms with E-state index in [0.717, 1.165) is 41.9 Å². The Hall–Kier alpha value is -2.47. The van der Waals surface area contributed by atoms with Crippen LogP contribution in [0.15, 0.2) is 47.8 Å². The Balaban J connectivity index is 1.56. The maximum atomic E-state index is 13.3. The van der Waals surface area contributed by atoms with Crippen LogP contribution in [0.25, 0.3) is 10.6 Å². The fourth-order valence-electron chi connectivity index (χ4n) is 3.71. The van der Waals surface area contributed by atoms with Crippen molar-refractivity contribution < 1.29 is 9.18 Å². The topological polar surface area (TPSA) is 38.1 Å². The van der Waals surface area contributed by atoms with Gasteiger partial charge in [-0.3, -0.25) is 9.48 Å². The molecule has 1 amide bonds. The van der Waals surface area contributed by atoms with Crippen molar-refractivity contribution >= 4 is 17.2 Å². The summed E-state index contributed by atoms with van der Waals surface area (Å²) in [5.74, 6) is 0.0279. The molecule has 1 aliphatic rings. The minimum absolute atomic E-state index is 0.0156. The number of carbonyl (C=O) groups is 1. The average molecular weight is 383 g/mol. The molecule has 3 heterocycles. The van der Waals surface area contributed by atoms with E-state index in [-0.39, 0.29) is 17.6 Å². The lowest BCUT2D eigenvalue weighted by Crippen LogP contribution is -2.35. The Kier molecular flexibility index (Phi) is 5.07. The van der Waals surface area contributed by atoms with Crippen molar-refractivity contribution in [1.29, 1.82) is 0 Å². The third-order valence-electron chi connectivity index (χ3n) is 5.17. The van der Waals surface area contributed by atoms with Gasteiger partial charge in [0.1, 0.15) is 17.2 Å². The van der Waals surface area contributed by atoms with Crippen molar-refractivity contribution in [2.24, 2.45) is 7.05 Å². The van der Waals surface area contributed by atoms with Crippen LogP contribution in [-0.2, 0) is 7.05 Å². The molecule has 0 N–H and O–H groups in total. The zero-order valence-electron chi connectivity index (χ0n) is 15.3. The van der Waals surface area contributed by atoms with Crippen LogP contribution in [-0.4, -0.2) is 33.7 Å². The van der Waals surface area contributed by atoms with E-state index in [2.05, 4.69) is 5.10 Å². The smallest absolute Gasteiger partial charge is 0.272 e. The van der Waals surface area contributed by atoms with Crippen LogP contribution in [0, 0.1) is 5.82 Å². The molecule has 1 aromatic carbocycles. The first-order chi connectivity index (χ1) is 13.1. The van der Waals surface area contributed by atoms with Gasteiger partial charge in [-0.1, -0.05) is 24.6 Å². The molecule has 0 bridgehead atoms. The first-order valence-corrected chi connectivity index (χ1v) is 10.1. The molecule has 0 aliphatic carbocycles. The molecule has 1 atom stereocenters. The van der Waals surface area contributed by atoms with Gasteiger partial charge in [-0.15, -0.1) is 11.3 Å². The Bertz CT molecular complexity index is 918. The number of amides is 1. The summed E-state index contributed by atoms with van der Waals surface area (Å²) in [5, 5.41) is 6.52.